The first-order valence-corrected chi connectivity index (χ1v) is 13.4. The molecular weight excluding hydrogens is 575 g/mol. The van der Waals surface area contributed by atoms with Crippen LogP contribution in [0.1, 0.15) is 16.7 Å². The molecule has 38 heavy (non-hydrogen) atoms. The van der Waals surface area contributed by atoms with Crippen molar-refractivity contribution in [2.45, 2.75) is 29.9 Å². The number of alkyl halides is 3. The van der Waals surface area contributed by atoms with Crippen molar-refractivity contribution in [3.05, 3.63) is 70.1 Å². The maximum absolute atomic E-state index is 13.1. The number of benzene rings is 2. The van der Waals surface area contributed by atoms with Crippen LogP contribution in [0.4, 0.5) is 24.0 Å². The molecular formula is C24H17ClF3N7S3. The van der Waals surface area contributed by atoms with E-state index in [1.54, 1.807) is 6.33 Å². The lowest BCUT2D eigenvalue weighted by atomic mass is 10.0. The average Bonchev–Trinajstić information content (AvgIpc) is 3.49. The normalized spacial score (nSPS) is 11.6. The van der Waals surface area contributed by atoms with Crippen molar-refractivity contribution in [1.82, 2.24) is 24.9 Å². The predicted octanol–water partition coefficient (Wildman–Crippen LogP) is 7.73. The number of nitrogens with zero attached hydrogens (tertiary/aromatic N) is 4. The fraction of sp³-hybridized carbons (Fsp3) is 0.125. The lowest BCUT2D eigenvalue weighted by Gasteiger charge is -2.13. The molecule has 0 fully saturated rings. The van der Waals surface area contributed by atoms with Gasteiger partial charge in [0.25, 0.3) is 0 Å². The van der Waals surface area contributed by atoms with Crippen LogP contribution in [0.5, 0.6) is 0 Å². The quantitative estimate of drug-likeness (QED) is 0.141. The number of hydrogen-bond acceptors (Lipinski definition) is 7. The molecule has 0 atom stereocenters. The topological polar surface area (TPSA) is 91.4 Å². The molecule has 7 nitrogen and oxygen atoms in total. The summed E-state index contributed by atoms with van der Waals surface area (Å²) in [6.07, 6.45) is -1.49. The summed E-state index contributed by atoms with van der Waals surface area (Å²) in [6, 6.07) is 7.63. The Kier molecular flexibility index (Phi) is 7.27. The Morgan fingerprint density at radius 2 is 1.84 bits per heavy atom. The highest BCUT2D eigenvalue weighted by molar-refractivity contribution is 7.99. The van der Waals surface area contributed by atoms with Gasteiger partial charge in [0, 0.05) is 21.5 Å². The van der Waals surface area contributed by atoms with E-state index < -0.39 is 11.7 Å². The van der Waals surface area contributed by atoms with Gasteiger partial charge in [0.05, 0.1) is 22.6 Å². The Labute approximate surface area is 233 Å². The number of aromatic nitrogens is 5. The van der Waals surface area contributed by atoms with Crippen LogP contribution in [-0.2, 0) is 6.18 Å². The lowest BCUT2D eigenvalue weighted by molar-refractivity contribution is -0.137. The zero-order chi connectivity index (χ0) is 27.0. The van der Waals surface area contributed by atoms with Crippen LogP contribution in [0.15, 0.2) is 58.3 Å². The van der Waals surface area contributed by atoms with Gasteiger partial charge in [-0.25, -0.2) is 19.9 Å². The number of halogens is 4. The molecule has 0 saturated heterocycles. The van der Waals surface area contributed by atoms with Gasteiger partial charge in [0.1, 0.15) is 16.9 Å². The number of H-pyrrole nitrogens is 1. The maximum Gasteiger partial charge on any atom is 0.417 e. The van der Waals surface area contributed by atoms with Gasteiger partial charge in [-0.2, -0.15) is 13.2 Å². The average molecular weight is 592 g/mol. The molecule has 5 aromatic rings. The van der Waals surface area contributed by atoms with Gasteiger partial charge in [-0.15, -0.1) is 11.3 Å². The Balaban J connectivity index is 1.31. The van der Waals surface area contributed by atoms with Crippen molar-refractivity contribution in [3.8, 4) is 11.3 Å². The third kappa shape index (κ3) is 5.60. The number of imidazole rings is 1. The second kappa shape index (κ2) is 10.5. The summed E-state index contributed by atoms with van der Waals surface area (Å²) in [5.74, 6) is 0. The highest BCUT2D eigenvalue weighted by Gasteiger charge is 2.33. The van der Waals surface area contributed by atoms with Gasteiger partial charge in [-0.1, -0.05) is 23.4 Å². The van der Waals surface area contributed by atoms with Crippen LogP contribution in [0.2, 0.25) is 5.02 Å². The molecule has 0 saturated carbocycles. The fourth-order valence-electron chi connectivity index (χ4n) is 3.84. The van der Waals surface area contributed by atoms with Gasteiger partial charge in [-0.05, 0) is 67.5 Å². The van der Waals surface area contributed by atoms with Gasteiger partial charge < -0.3 is 15.6 Å². The molecule has 0 unspecified atom stereocenters. The SMILES string of the molecule is Cc1cc(Sc2ncnc3nc[nH]c23)cc(C)c1-c1csc(NC(=S)Nc2ccc(Cl)c(C(F)(F)F)c2)n1. The minimum Gasteiger partial charge on any atom is -0.341 e. The van der Waals surface area contributed by atoms with Crippen LogP contribution >= 0.6 is 46.9 Å². The monoisotopic (exact) mass is 591 g/mol. The first kappa shape index (κ1) is 26.4. The Morgan fingerprint density at radius 1 is 1.08 bits per heavy atom. The third-order valence-corrected chi connectivity index (χ3v) is 7.69. The van der Waals surface area contributed by atoms with E-state index in [9.17, 15) is 13.2 Å². The van der Waals surface area contributed by atoms with Crippen molar-refractivity contribution >= 4 is 74.0 Å². The molecule has 0 aliphatic heterocycles. The molecule has 5 rings (SSSR count). The number of thiazole rings is 1. The second-order valence-electron chi connectivity index (χ2n) is 8.12. The van der Waals surface area contributed by atoms with Gasteiger partial charge in [0.15, 0.2) is 15.9 Å². The Morgan fingerprint density at radius 3 is 2.58 bits per heavy atom. The molecule has 0 aliphatic carbocycles. The van der Waals surface area contributed by atoms with E-state index in [1.165, 1.54) is 41.6 Å². The van der Waals surface area contributed by atoms with Gasteiger partial charge in [-0.3, -0.25) is 0 Å². The van der Waals surface area contributed by atoms with E-state index in [4.69, 9.17) is 23.8 Å². The zero-order valence-corrected chi connectivity index (χ0v) is 22.8. The van der Waals surface area contributed by atoms with Crippen molar-refractivity contribution in [1.29, 1.82) is 0 Å². The van der Waals surface area contributed by atoms with Crippen LogP contribution in [-0.4, -0.2) is 30.0 Å². The largest absolute Gasteiger partial charge is 0.417 e. The predicted molar refractivity (Wildman–Crippen MR) is 149 cm³/mol. The summed E-state index contributed by atoms with van der Waals surface area (Å²) in [5, 5.41) is 8.60. The Hall–Kier alpha value is -3.26. The highest BCUT2D eigenvalue weighted by atomic mass is 35.5. The number of anilines is 2. The highest BCUT2D eigenvalue weighted by Crippen LogP contribution is 2.38. The van der Waals surface area contributed by atoms with Gasteiger partial charge in [0.2, 0.25) is 0 Å². The molecule has 2 aromatic carbocycles. The minimum atomic E-state index is -4.57. The summed E-state index contributed by atoms with van der Waals surface area (Å²) in [7, 11) is 0. The number of thiocarbonyl (C=S) groups is 1. The molecule has 194 valence electrons. The summed E-state index contributed by atoms with van der Waals surface area (Å²) in [6.45, 7) is 4.02. The van der Waals surface area contributed by atoms with Crippen LogP contribution in [0.25, 0.3) is 22.4 Å². The smallest absolute Gasteiger partial charge is 0.341 e. The van der Waals surface area contributed by atoms with Gasteiger partial charge >= 0.3 is 6.18 Å². The summed E-state index contributed by atoms with van der Waals surface area (Å²) in [5.41, 5.74) is 4.41. The number of rotatable bonds is 5. The standard InChI is InChI=1S/C24H17ClF3N7S3/c1-11-5-14(38-21-19-20(30-9-29-19)31-10-32-21)6-12(2)18(11)17-8-37-23(34-17)35-22(36)33-13-3-4-16(25)15(7-13)24(26,27)28/h3-10H,1-2H3,(H,29,30,31,32)(H2,33,34,35,36). The van der Waals surface area contributed by atoms with Crippen LogP contribution < -0.4 is 10.6 Å². The van der Waals surface area contributed by atoms with E-state index >= 15 is 0 Å². The molecule has 0 aliphatic rings. The van der Waals surface area contributed by atoms with Crippen molar-refractivity contribution in [3.63, 3.8) is 0 Å². The molecule has 0 spiro atoms. The van der Waals surface area contributed by atoms with E-state index in [2.05, 4.69) is 47.7 Å². The van der Waals surface area contributed by atoms with E-state index in [-0.39, 0.29) is 15.8 Å². The van der Waals surface area contributed by atoms with Crippen molar-refractivity contribution in [2.24, 2.45) is 0 Å². The molecule has 3 heterocycles. The Bertz CT molecular complexity index is 1640. The van der Waals surface area contributed by atoms with E-state index in [0.717, 1.165) is 43.9 Å². The number of fused-ring (bicyclic) bond motifs is 1. The summed E-state index contributed by atoms with van der Waals surface area (Å²) < 4.78 is 39.4. The zero-order valence-electron chi connectivity index (χ0n) is 19.6. The summed E-state index contributed by atoms with van der Waals surface area (Å²) in [4.78, 5) is 21.4. The minimum absolute atomic E-state index is 0.108. The van der Waals surface area contributed by atoms with E-state index in [1.807, 2.05) is 19.2 Å². The molecule has 14 heteroatoms. The fourth-order valence-corrected chi connectivity index (χ4v) is 6.10. The van der Waals surface area contributed by atoms with Crippen LogP contribution in [0, 0.1) is 13.8 Å². The van der Waals surface area contributed by atoms with Crippen molar-refractivity contribution in [2.75, 3.05) is 10.6 Å². The first-order valence-electron chi connectivity index (χ1n) is 10.9. The number of nitrogens with one attached hydrogen (secondary N) is 3. The van der Waals surface area contributed by atoms with Crippen LogP contribution in [0.3, 0.4) is 0 Å². The number of aromatic amines is 1. The maximum atomic E-state index is 13.1. The molecule has 0 bridgehead atoms. The third-order valence-electron chi connectivity index (χ3n) is 5.42. The summed E-state index contributed by atoms with van der Waals surface area (Å²) >= 11 is 13.8. The second-order valence-corrected chi connectivity index (χ2v) is 10.9. The van der Waals surface area contributed by atoms with E-state index in [0.29, 0.717) is 10.8 Å². The van der Waals surface area contributed by atoms with Crippen molar-refractivity contribution < 1.29 is 13.2 Å². The molecule has 3 N–H and O–H groups in total. The molecule has 0 radical (unpaired) electrons. The molecule has 0 amide bonds. The number of hydrogen-bond donors (Lipinski definition) is 3. The first-order chi connectivity index (χ1) is 18.1. The molecule has 3 aromatic heterocycles. The lowest BCUT2D eigenvalue weighted by Crippen LogP contribution is -2.19. The number of aryl methyl sites for hydroxylation is 2.